The summed E-state index contributed by atoms with van der Waals surface area (Å²) >= 11 is 0. The van der Waals surface area contributed by atoms with Crippen LogP contribution in [-0.4, -0.2) is 17.6 Å². The lowest BCUT2D eigenvalue weighted by atomic mass is 9.96. The van der Waals surface area contributed by atoms with Gasteiger partial charge < -0.3 is 14.8 Å². The number of rotatable bonds is 3. The maximum absolute atomic E-state index is 11.8. The average molecular weight is 257 g/mol. The molecule has 0 unspecified atom stereocenters. The lowest BCUT2D eigenvalue weighted by Crippen LogP contribution is -2.39. The fraction of sp³-hybridized carbons (Fsp3) is 0.267. The first-order valence-electron chi connectivity index (χ1n) is 6.31. The highest BCUT2D eigenvalue weighted by Crippen LogP contribution is 2.36. The summed E-state index contributed by atoms with van der Waals surface area (Å²) in [5.74, 6) is -0.0438. The van der Waals surface area contributed by atoms with Crippen LogP contribution in [0.15, 0.2) is 47.1 Å². The Bertz CT molecular complexity index is 591. The van der Waals surface area contributed by atoms with Crippen LogP contribution in [0.3, 0.4) is 0 Å². The number of carbonyl (C=O) groups excluding carboxylic acids is 1. The Hall–Kier alpha value is -2.07. The van der Waals surface area contributed by atoms with Crippen LogP contribution in [-0.2, 0) is 12.0 Å². The molecule has 4 heteroatoms. The molecule has 0 fully saturated rings. The van der Waals surface area contributed by atoms with Crippen molar-refractivity contribution >= 4 is 5.91 Å². The van der Waals surface area contributed by atoms with Crippen LogP contribution in [0.25, 0.3) is 0 Å². The van der Waals surface area contributed by atoms with E-state index in [1.54, 1.807) is 12.1 Å². The summed E-state index contributed by atoms with van der Waals surface area (Å²) in [5.41, 5.74) is 1.09. The van der Waals surface area contributed by atoms with E-state index in [0.29, 0.717) is 6.42 Å². The third kappa shape index (κ3) is 2.15. The lowest BCUT2D eigenvalue weighted by Gasteiger charge is -2.24. The van der Waals surface area contributed by atoms with Crippen molar-refractivity contribution in [1.29, 1.82) is 0 Å². The molecule has 1 atom stereocenters. The summed E-state index contributed by atoms with van der Waals surface area (Å²) < 4.78 is 5.02. The predicted molar refractivity (Wildman–Crippen MR) is 69.7 cm³/mol. The van der Waals surface area contributed by atoms with Gasteiger partial charge in [-0.1, -0.05) is 24.3 Å². The van der Waals surface area contributed by atoms with Crippen LogP contribution in [0.2, 0.25) is 0 Å². The molecule has 1 aliphatic carbocycles. The zero-order chi connectivity index (χ0) is 13.3. The molecule has 1 amide bonds. The Morgan fingerprint density at radius 3 is 2.95 bits per heavy atom. The van der Waals surface area contributed by atoms with Gasteiger partial charge in [0.25, 0.3) is 5.91 Å². The second-order valence-corrected chi connectivity index (χ2v) is 4.85. The molecule has 1 aromatic heterocycles. The summed E-state index contributed by atoms with van der Waals surface area (Å²) in [7, 11) is 0. The van der Waals surface area contributed by atoms with Gasteiger partial charge in [0, 0.05) is 0 Å². The number of hydrogen-bond donors (Lipinski definition) is 2. The van der Waals surface area contributed by atoms with Gasteiger partial charge in [-0.05, 0) is 36.1 Å². The normalized spacial score (nSPS) is 21.1. The van der Waals surface area contributed by atoms with Crippen molar-refractivity contribution in [3.63, 3.8) is 0 Å². The first-order valence-corrected chi connectivity index (χ1v) is 6.31. The Kier molecular flexibility index (Phi) is 2.87. The summed E-state index contributed by atoms with van der Waals surface area (Å²) in [5, 5.41) is 13.4. The monoisotopic (exact) mass is 257 g/mol. The van der Waals surface area contributed by atoms with E-state index in [9.17, 15) is 9.90 Å². The zero-order valence-electron chi connectivity index (χ0n) is 10.4. The third-order valence-corrected chi connectivity index (χ3v) is 3.61. The molecule has 0 aliphatic heterocycles. The molecule has 3 rings (SSSR count). The van der Waals surface area contributed by atoms with Crippen LogP contribution < -0.4 is 5.32 Å². The van der Waals surface area contributed by atoms with Gasteiger partial charge in [0.2, 0.25) is 0 Å². The van der Waals surface area contributed by atoms with E-state index in [2.05, 4.69) is 5.32 Å². The Morgan fingerprint density at radius 1 is 1.32 bits per heavy atom. The molecule has 98 valence electrons. The maximum Gasteiger partial charge on any atom is 0.287 e. The average Bonchev–Trinajstić information content (AvgIpc) is 3.06. The summed E-state index contributed by atoms with van der Waals surface area (Å²) in [6.45, 7) is 0.198. The molecule has 4 nitrogen and oxygen atoms in total. The van der Waals surface area contributed by atoms with Crippen molar-refractivity contribution < 1.29 is 14.3 Å². The van der Waals surface area contributed by atoms with Crippen LogP contribution in [0.5, 0.6) is 0 Å². The number of nitrogens with one attached hydrogen (secondary N) is 1. The fourth-order valence-electron chi connectivity index (χ4n) is 2.57. The van der Waals surface area contributed by atoms with Gasteiger partial charge in [-0.3, -0.25) is 4.79 Å². The largest absolute Gasteiger partial charge is 0.459 e. The summed E-state index contributed by atoms with van der Waals surface area (Å²) in [4.78, 5) is 11.8. The van der Waals surface area contributed by atoms with Crippen molar-refractivity contribution in [2.24, 2.45) is 0 Å². The SMILES string of the molecule is O=C(NC[C@@]1(O)CCc2ccccc21)c1ccco1. The highest BCUT2D eigenvalue weighted by Gasteiger charge is 2.36. The van der Waals surface area contributed by atoms with E-state index in [0.717, 1.165) is 17.5 Å². The van der Waals surface area contributed by atoms with Gasteiger partial charge in [-0.15, -0.1) is 0 Å². The maximum atomic E-state index is 11.8. The van der Waals surface area contributed by atoms with Crippen LogP contribution in [0, 0.1) is 0 Å². The molecule has 2 N–H and O–H groups in total. The van der Waals surface area contributed by atoms with Crippen molar-refractivity contribution in [2.75, 3.05) is 6.54 Å². The highest BCUT2D eigenvalue weighted by molar-refractivity contribution is 5.91. The second kappa shape index (κ2) is 4.55. The minimum atomic E-state index is -0.973. The van der Waals surface area contributed by atoms with Gasteiger partial charge >= 0.3 is 0 Å². The standard InChI is InChI=1S/C15H15NO3/c17-14(13-6-3-9-19-13)16-10-15(18)8-7-11-4-1-2-5-12(11)15/h1-6,9,18H,7-8,10H2,(H,16,17)/t15-/m0/s1. The number of fused-ring (bicyclic) bond motifs is 1. The van der Waals surface area contributed by atoms with E-state index in [-0.39, 0.29) is 18.2 Å². The van der Waals surface area contributed by atoms with E-state index in [1.807, 2.05) is 24.3 Å². The topological polar surface area (TPSA) is 62.5 Å². The van der Waals surface area contributed by atoms with Gasteiger partial charge in [0.15, 0.2) is 5.76 Å². The fourth-order valence-corrected chi connectivity index (χ4v) is 2.57. The Morgan fingerprint density at radius 2 is 2.16 bits per heavy atom. The molecule has 2 aromatic rings. The third-order valence-electron chi connectivity index (χ3n) is 3.61. The van der Waals surface area contributed by atoms with Gasteiger partial charge in [-0.25, -0.2) is 0 Å². The molecular formula is C15H15NO3. The molecule has 0 radical (unpaired) electrons. The number of aliphatic hydroxyl groups is 1. The van der Waals surface area contributed by atoms with Crippen molar-refractivity contribution in [3.8, 4) is 0 Å². The summed E-state index contributed by atoms with van der Waals surface area (Å²) in [6.07, 6.45) is 2.92. The first kappa shape index (κ1) is 12.0. The molecule has 19 heavy (non-hydrogen) atoms. The van der Waals surface area contributed by atoms with Crippen molar-refractivity contribution in [1.82, 2.24) is 5.32 Å². The molecule has 0 saturated carbocycles. The Labute approximate surface area is 111 Å². The zero-order valence-corrected chi connectivity index (χ0v) is 10.4. The van der Waals surface area contributed by atoms with Crippen molar-refractivity contribution in [2.45, 2.75) is 18.4 Å². The van der Waals surface area contributed by atoms with E-state index >= 15 is 0 Å². The number of benzene rings is 1. The Balaban J connectivity index is 1.72. The van der Waals surface area contributed by atoms with Crippen LogP contribution in [0.1, 0.15) is 28.1 Å². The smallest absolute Gasteiger partial charge is 0.287 e. The van der Waals surface area contributed by atoms with E-state index in [4.69, 9.17) is 4.42 Å². The molecule has 1 aromatic carbocycles. The van der Waals surface area contributed by atoms with Crippen LogP contribution >= 0.6 is 0 Å². The molecule has 0 saturated heterocycles. The summed E-state index contributed by atoms with van der Waals surface area (Å²) in [6, 6.07) is 11.1. The predicted octanol–water partition coefficient (Wildman–Crippen LogP) is 1.84. The lowest BCUT2D eigenvalue weighted by molar-refractivity contribution is 0.0365. The van der Waals surface area contributed by atoms with Gasteiger partial charge in [0.1, 0.15) is 5.60 Å². The minimum Gasteiger partial charge on any atom is -0.459 e. The number of aryl methyl sites for hydroxylation is 1. The first-order chi connectivity index (χ1) is 9.19. The van der Waals surface area contributed by atoms with Gasteiger partial charge in [0.05, 0.1) is 12.8 Å². The van der Waals surface area contributed by atoms with E-state index < -0.39 is 5.60 Å². The number of carbonyl (C=O) groups is 1. The quantitative estimate of drug-likeness (QED) is 0.882. The second-order valence-electron chi connectivity index (χ2n) is 4.85. The van der Waals surface area contributed by atoms with Crippen LogP contribution in [0.4, 0.5) is 0 Å². The molecule has 1 heterocycles. The molecule has 0 bridgehead atoms. The number of furan rings is 1. The molecule has 1 aliphatic rings. The van der Waals surface area contributed by atoms with Gasteiger partial charge in [-0.2, -0.15) is 0 Å². The van der Waals surface area contributed by atoms with E-state index in [1.165, 1.54) is 6.26 Å². The number of amides is 1. The number of hydrogen-bond acceptors (Lipinski definition) is 3. The minimum absolute atomic E-state index is 0.198. The highest BCUT2D eigenvalue weighted by atomic mass is 16.3. The van der Waals surface area contributed by atoms with Crippen molar-refractivity contribution in [3.05, 3.63) is 59.5 Å². The molecule has 0 spiro atoms. The molecular weight excluding hydrogens is 242 g/mol.